The number of rotatable bonds is 1. The molecule has 0 aliphatic carbocycles. The third-order valence-corrected chi connectivity index (χ3v) is 4.16. The molecule has 0 bridgehead atoms. The molecule has 0 unspecified atom stereocenters. The number of thioether (sulfide) groups is 1. The predicted molar refractivity (Wildman–Crippen MR) is 56.8 cm³/mol. The van der Waals surface area contributed by atoms with Crippen molar-refractivity contribution in [1.29, 1.82) is 0 Å². The van der Waals surface area contributed by atoms with Crippen molar-refractivity contribution in [1.82, 2.24) is 0 Å². The lowest BCUT2D eigenvalue weighted by Gasteiger charge is -2.27. The molecule has 2 heteroatoms. The topological polar surface area (TPSA) is 20.2 Å². The Balaban J connectivity index is 2.34. The highest BCUT2D eigenvalue weighted by molar-refractivity contribution is 7.99. The molecular weight excluding hydrogens is 180 g/mol. The molecule has 1 aromatic rings. The molecule has 0 aromatic heterocycles. The molecule has 1 fully saturated rings. The summed E-state index contributed by atoms with van der Waals surface area (Å²) < 4.78 is 0. The predicted octanol–water partition coefficient (Wildman–Crippen LogP) is 2.26. The van der Waals surface area contributed by atoms with Crippen LogP contribution in [-0.4, -0.2) is 16.6 Å². The Kier molecular flexibility index (Phi) is 2.35. The molecule has 1 aliphatic heterocycles. The second kappa shape index (κ2) is 3.35. The van der Waals surface area contributed by atoms with E-state index >= 15 is 0 Å². The van der Waals surface area contributed by atoms with Crippen LogP contribution in [0.15, 0.2) is 30.3 Å². The van der Waals surface area contributed by atoms with Gasteiger partial charge < -0.3 is 5.11 Å². The molecule has 0 amide bonds. The van der Waals surface area contributed by atoms with E-state index in [1.807, 2.05) is 42.1 Å². The quantitative estimate of drug-likeness (QED) is 0.740. The maximum absolute atomic E-state index is 10.4. The Morgan fingerprint density at radius 3 is 2.62 bits per heavy atom. The van der Waals surface area contributed by atoms with E-state index in [4.69, 9.17) is 0 Å². The monoisotopic (exact) mass is 194 g/mol. The minimum absolute atomic E-state index is 0.361. The van der Waals surface area contributed by atoms with E-state index in [-0.39, 0.29) is 0 Å². The number of hydrogen-bond donors (Lipinski definition) is 1. The molecule has 0 spiro atoms. The Hall–Kier alpha value is -0.470. The second-order valence-electron chi connectivity index (χ2n) is 3.71. The van der Waals surface area contributed by atoms with Crippen LogP contribution in [0.1, 0.15) is 12.5 Å². The lowest BCUT2D eigenvalue weighted by Crippen LogP contribution is -2.32. The zero-order valence-corrected chi connectivity index (χ0v) is 8.55. The summed E-state index contributed by atoms with van der Waals surface area (Å²) in [5, 5.41) is 10.4. The van der Waals surface area contributed by atoms with Gasteiger partial charge in [0.05, 0.1) is 0 Å². The molecule has 2 rings (SSSR count). The summed E-state index contributed by atoms with van der Waals surface area (Å²) in [6.07, 6.45) is 0. The van der Waals surface area contributed by atoms with Crippen molar-refractivity contribution in [3.63, 3.8) is 0 Å². The van der Waals surface area contributed by atoms with E-state index in [2.05, 4.69) is 6.92 Å². The van der Waals surface area contributed by atoms with E-state index in [0.29, 0.717) is 5.92 Å². The van der Waals surface area contributed by atoms with E-state index in [0.717, 1.165) is 17.1 Å². The first kappa shape index (κ1) is 9.10. The lowest BCUT2D eigenvalue weighted by molar-refractivity contribution is 0.0234. The van der Waals surface area contributed by atoms with Crippen molar-refractivity contribution in [2.45, 2.75) is 12.5 Å². The van der Waals surface area contributed by atoms with Crippen molar-refractivity contribution in [3.05, 3.63) is 35.9 Å². The van der Waals surface area contributed by atoms with Crippen LogP contribution in [0, 0.1) is 5.92 Å². The molecule has 1 nitrogen and oxygen atoms in total. The Morgan fingerprint density at radius 1 is 1.38 bits per heavy atom. The van der Waals surface area contributed by atoms with Gasteiger partial charge in [0.25, 0.3) is 0 Å². The average Bonchev–Trinajstić information content (AvgIpc) is 2.50. The lowest BCUT2D eigenvalue weighted by atomic mass is 9.85. The van der Waals surface area contributed by atoms with Crippen molar-refractivity contribution in [2.24, 2.45) is 5.92 Å². The molecule has 1 N–H and O–H groups in total. The highest BCUT2D eigenvalue weighted by Crippen LogP contribution is 2.40. The smallest absolute Gasteiger partial charge is 0.102 e. The molecule has 0 radical (unpaired) electrons. The Bertz CT molecular complexity index is 285. The van der Waals surface area contributed by atoms with Gasteiger partial charge in [0.2, 0.25) is 0 Å². The number of aliphatic hydroxyl groups is 1. The number of hydrogen-bond acceptors (Lipinski definition) is 2. The molecule has 13 heavy (non-hydrogen) atoms. The van der Waals surface area contributed by atoms with Crippen molar-refractivity contribution in [2.75, 3.05) is 11.5 Å². The third kappa shape index (κ3) is 1.49. The fraction of sp³-hybridized carbons (Fsp3) is 0.455. The standard InChI is InChI=1S/C11H14OS/c1-9-7-13-8-11(9,12)10-5-3-2-4-6-10/h2-6,9,12H,7-8H2,1H3/t9-,11+/m1/s1. The van der Waals surface area contributed by atoms with Gasteiger partial charge in [-0.1, -0.05) is 37.3 Å². The summed E-state index contributed by atoms with van der Waals surface area (Å²) in [5.41, 5.74) is 0.471. The summed E-state index contributed by atoms with van der Waals surface area (Å²) in [6, 6.07) is 10.00. The van der Waals surface area contributed by atoms with Gasteiger partial charge in [-0.3, -0.25) is 0 Å². The van der Waals surface area contributed by atoms with Gasteiger partial charge in [0.1, 0.15) is 5.60 Å². The largest absolute Gasteiger partial charge is 0.384 e. The van der Waals surface area contributed by atoms with Gasteiger partial charge in [0.15, 0.2) is 0 Å². The van der Waals surface area contributed by atoms with Crippen LogP contribution in [-0.2, 0) is 5.60 Å². The Morgan fingerprint density at radius 2 is 2.08 bits per heavy atom. The molecule has 1 aliphatic rings. The molecule has 0 saturated carbocycles. The fourth-order valence-electron chi connectivity index (χ4n) is 1.77. The first-order valence-electron chi connectivity index (χ1n) is 4.59. The van der Waals surface area contributed by atoms with Crippen molar-refractivity contribution < 1.29 is 5.11 Å². The maximum atomic E-state index is 10.4. The zero-order valence-electron chi connectivity index (χ0n) is 7.73. The molecule has 1 heterocycles. The Labute approximate surface area is 83.2 Å². The summed E-state index contributed by atoms with van der Waals surface area (Å²) in [5.74, 6) is 2.25. The molecular formula is C11H14OS. The zero-order chi connectivity index (χ0) is 9.31. The number of benzene rings is 1. The average molecular weight is 194 g/mol. The first-order valence-corrected chi connectivity index (χ1v) is 5.74. The van der Waals surface area contributed by atoms with Crippen molar-refractivity contribution >= 4 is 11.8 Å². The fourth-order valence-corrected chi connectivity index (χ4v) is 3.28. The molecule has 1 saturated heterocycles. The highest BCUT2D eigenvalue weighted by Gasteiger charge is 2.40. The van der Waals surface area contributed by atoms with E-state index in [1.54, 1.807) is 0 Å². The van der Waals surface area contributed by atoms with Gasteiger partial charge in [-0.05, 0) is 17.2 Å². The minimum Gasteiger partial charge on any atom is -0.384 e. The maximum Gasteiger partial charge on any atom is 0.102 e. The van der Waals surface area contributed by atoms with Crippen LogP contribution in [0.5, 0.6) is 0 Å². The van der Waals surface area contributed by atoms with Crippen LogP contribution < -0.4 is 0 Å². The SMILES string of the molecule is C[C@@H]1CSC[C@@]1(O)c1ccccc1. The summed E-state index contributed by atoms with van der Waals surface area (Å²) in [6.45, 7) is 2.12. The third-order valence-electron chi connectivity index (χ3n) is 2.78. The van der Waals surface area contributed by atoms with Crippen LogP contribution >= 0.6 is 11.8 Å². The summed E-state index contributed by atoms with van der Waals surface area (Å²) in [7, 11) is 0. The summed E-state index contributed by atoms with van der Waals surface area (Å²) >= 11 is 1.83. The van der Waals surface area contributed by atoms with Gasteiger partial charge in [0, 0.05) is 5.75 Å². The van der Waals surface area contributed by atoms with E-state index < -0.39 is 5.60 Å². The normalized spacial score (nSPS) is 33.5. The van der Waals surface area contributed by atoms with Gasteiger partial charge in [-0.15, -0.1) is 0 Å². The van der Waals surface area contributed by atoms with Gasteiger partial charge >= 0.3 is 0 Å². The van der Waals surface area contributed by atoms with Crippen molar-refractivity contribution in [3.8, 4) is 0 Å². The van der Waals surface area contributed by atoms with Crippen LogP contribution in [0.2, 0.25) is 0 Å². The molecule has 2 atom stereocenters. The highest BCUT2D eigenvalue weighted by atomic mass is 32.2. The van der Waals surface area contributed by atoms with Crippen LogP contribution in [0.25, 0.3) is 0 Å². The first-order chi connectivity index (χ1) is 6.23. The minimum atomic E-state index is -0.591. The van der Waals surface area contributed by atoms with Gasteiger partial charge in [-0.25, -0.2) is 0 Å². The second-order valence-corrected chi connectivity index (χ2v) is 4.74. The van der Waals surface area contributed by atoms with E-state index in [1.165, 1.54) is 0 Å². The molecule has 1 aromatic carbocycles. The van der Waals surface area contributed by atoms with E-state index in [9.17, 15) is 5.11 Å². The van der Waals surface area contributed by atoms with Crippen LogP contribution in [0.3, 0.4) is 0 Å². The summed E-state index contributed by atoms with van der Waals surface area (Å²) in [4.78, 5) is 0. The van der Waals surface area contributed by atoms with Crippen LogP contribution in [0.4, 0.5) is 0 Å². The molecule has 70 valence electrons. The van der Waals surface area contributed by atoms with Gasteiger partial charge in [-0.2, -0.15) is 11.8 Å².